The van der Waals surface area contributed by atoms with E-state index in [1.54, 1.807) is 0 Å². The van der Waals surface area contributed by atoms with Gasteiger partial charge in [0.25, 0.3) is 0 Å². The van der Waals surface area contributed by atoms with Gasteiger partial charge in [0.1, 0.15) is 0 Å². The van der Waals surface area contributed by atoms with Crippen molar-refractivity contribution < 1.29 is 0 Å². The number of aryl methyl sites for hydroxylation is 4. The van der Waals surface area contributed by atoms with Crippen LogP contribution in [0, 0.1) is 27.7 Å². The largest absolute Gasteiger partial charge is 0.0613 e. The Bertz CT molecular complexity index is 590. The maximum Gasteiger partial charge on any atom is -0.00254 e. The van der Waals surface area contributed by atoms with Crippen molar-refractivity contribution in [1.82, 2.24) is 0 Å². The van der Waals surface area contributed by atoms with Crippen LogP contribution in [-0.2, 0) is 19.3 Å². The molecule has 0 N–H and O–H groups in total. The van der Waals surface area contributed by atoms with Crippen molar-refractivity contribution in [2.45, 2.75) is 60.8 Å². The Balaban J connectivity index is 2.38. The highest BCUT2D eigenvalue weighted by Gasteiger charge is 2.07. The molecule has 0 aromatic heterocycles. The van der Waals surface area contributed by atoms with Crippen LogP contribution in [0.4, 0.5) is 0 Å². The molecule has 2 aromatic carbocycles. The standard InChI is InChI=1S/C21H28/c1-7-20-12-18(9-14(3)16(20)5)11-19-10-15(4)17(6)21(8-2)13-19/h9-10,12-13H,7-8,11H2,1-6H3. The predicted molar refractivity (Wildman–Crippen MR) is 93.4 cm³/mol. The Morgan fingerprint density at radius 3 is 1.33 bits per heavy atom. The van der Waals surface area contributed by atoms with Crippen LogP contribution in [0.15, 0.2) is 24.3 Å². The van der Waals surface area contributed by atoms with Crippen LogP contribution < -0.4 is 0 Å². The quantitative estimate of drug-likeness (QED) is 0.680. The molecular weight excluding hydrogens is 252 g/mol. The Kier molecular flexibility index (Phi) is 4.88. The third-order valence-corrected chi connectivity index (χ3v) is 4.84. The summed E-state index contributed by atoms with van der Waals surface area (Å²) >= 11 is 0. The molecule has 0 aliphatic carbocycles. The molecule has 0 heterocycles. The summed E-state index contributed by atoms with van der Waals surface area (Å²) < 4.78 is 0. The zero-order valence-corrected chi connectivity index (χ0v) is 14.4. The lowest BCUT2D eigenvalue weighted by Gasteiger charge is -2.14. The van der Waals surface area contributed by atoms with Crippen LogP contribution in [0.3, 0.4) is 0 Å². The van der Waals surface area contributed by atoms with Crippen LogP contribution in [0.1, 0.15) is 58.4 Å². The number of rotatable bonds is 4. The predicted octanol–water partition coefficient (Wildman–Crippen LogP) is 5.64. The van der Waals surface area contributed by atoms with Gasteiger partial charge in [-0.1, -0.05) is 38.1 Å². The molecule has 2 rings (SSSR count). The average Bonchev–Trinajstić information content (AvgIpc) is 2.46. The molecule has 0 aliphatic heterocycles. The second kappa shape index (κ2) is 6.47. The smallest absolute Gasteiger partial charge is 0.00254 e. The van der Waals surface area contributed by atoms with Crippen molar-refractivity contribution in [3.63, 3.8) is 0 Å². The SMILES string of the molecule is CCc1cc(Cc2cc(C)c(C)c(CC)c2)cc(C)c1C. The minimum atomic E-state index is 1.04. The second-order valence-electron chi connectivity index (χ2n) is 6.28. The maximum atomic E-state index is 2.39. The van der Waals surface area contributed by atoms with Gasteiger partial charge in [0.05, 0.1) is 0 Å². The van der Waals surface area contributed by atoms with E-state index in [4.69, 9.17) is 0 Å². The van der Waals surface area contributed by atoms with Crippen molar-refractivity contribution in [2.24, 2.45) is 0 Å². The van der Waals surface area contributed by atoms with E-state index >= 15 is 0 Å². The second-order valence-corrected chi connectivity index (χ2v) is 6.28. The third-order valence-electron chi connectivity index (χ3n) is 4.84. The first kappa shape index (κ1) is 15.8. The van der Waals surface area contributed by atoms with Crippen molar-refractivity contribution >= 4 is 0 Å². The molecule has 0 unspecified atom stereocenters. The Hall–Kier alpha value is -1.56. The number of benzene rings is 2. The first-order chi connectivity index (χ1) is 9.96. The summed E-state index contributed by atoms with van der Waals surface area (Å²) in [6.45, 7) is 13.4. The molecule has 0 nitrogen and oxygen atoms in total. The highest BCUT2D eigenvalue weighted by atomic mass is 14.1. The van der Waals surface area contributed by atoms with Crippen molar-refractivity contribution in [2.75, 3.05) is 0 Å². The van der Waals surface area contributed by atoms with Gasteiger partial charge in [0.2, 0.25) is 0 Å². The van der Waals surface area contributed by atoms with E-state index < -0.39 is 0 Å². The fraction of sp³-hybridized carbons (Fsp3) is 0.429. The molecule has 0 saturated heterocycles. The maximum absolute atomic E-state index is 2.39. The van der Waals surface area contributed by atoms with Gasteiger partial charge in [-0.2, -0.15) is 0 Å². The van der Waals surface area contributed by atoms with Crippen LogP contribution in [0.5, 0.6) is 0 Å². The van der Waals surface area contributed by atoms with E-state index in [1.165, 1.54) is 44.5 Å². The topological polar surface area (TPSA) is 0 Å². The van der Waals surface area contributed by atoms with E-state index in [0.29, 0.717) is 0 Å². The lowest BCUT2D eigenvalue weighted by molar-refractivity contribution is 1.04. The average molecular weight is 280 g/mol. The van der Waals surface area contributed by atoms with Crippen molar-refractivity contribution in [3.8, 4) is 0 Å². The Morgan fingerprint density at radius 1 is 0.619 bits per heavy atom. The van der Waals surface area contributed by atoms with Gasteiger partial charge in [0, 0.05) is 0 Å². The zero-order chi connectivity index (χ0) is 15.6. The molecule has 112 valence electrons. The van der Waals surface area contributed by atoms with E-state index in [2.05, 4.69) is 65.8 Å². The minimum absolute atomic E-state index is 1.04. The first-order valence-electron chi connectivity index (χ1n) is 8.14. The van der Waals surface area contributed by atoms with Crippen LogP contribution in [0.25, 0.3) is 0 Å². The van der Waals surface area contributed by atoms with Gasteiger partial charge in [-0.15, -0.1) is 0 Å². The molecular formula is C21H28. The van der Waals surface area contributed by atoms with Crippen LogP contribution in [0.2, 0.25) is 0 Å². The van der Waals surface area contributed by atoms with E-state index in [-0.39, 0.29) is 0 Å². The lowest BCUT2D eigenvalue weighted by Crippen LogP contribution is -1.99. The molecule has 2 aromatic rings. The summed E-state index contributed by atoms with van der Waals surface area (Å²) in [7, 11) is 0. The third kappa shape index (κ3) is 3.37. The van der Waals surface area contributed by atoms with Crippen LogP contribution >= 0.6 is 0 Å². The zero-order valence-electron chi connectivity index (χ0n) is 14.4. The molecule has 21 heavy (non-hydrogen) atoms. The van der Waals surface area contributed by atoms with E-state index in [1.807, 2.05) is 0 Å². The summed E-state index contributed by atoms with van der Waals surface area (Å²) in [6.07, 6.45) is 3.28. The Labute approximate surface area is 130 Å². The first-order valence-corrected chi connectivity index (χ1v) is 8.14. The van der Waals surface area contributed by atoms with Gasteiger partial charge < -0.3 is 0 Å². The molecule has 0 fully saturated rings. The summed E-state index contributed by atoms with van der Waals surface area (Å²) in [5.41, 5.74) is 11.6. The summed E-state index contributed by atoms with van der Waals surface area (Å²) in [5.74, 6) is 0. The summed E-state index contributed by atoms with van der Waals surface area (Å²) in [6, 6.07) is 9.50. The number of hydrogen-bond acceptors (Lipinski definition) is 0. The molecule has 0 bridgehead atoms. The summed E-state index contributed by atoms with van der Waals surface area (Å²) in [5, 5.41) is 0. The molecule has 0 radical (unpaired) electrons. The highest BCUT2D eigenvalue weighted by Crippen LogP contribution is 2.22. The van der Waals surface area contributed by atoms with Gasteiger partial charge in [-0.25, -0.2) is 0 Å². The molecule has 0 spiro atoms. The van der Waals surface area contributed by atoms with Gasteiger partial charge in [-0.3, -0.25) is 0 Å². The van der Waals surface area contributed by atoms with Crippen molar-refractivity contribution in [3.05, 3.63) is 68.8 Å². The minimum Gasteiger partial charge on any atom is -0.0613 e. The Morgan fingerprint density at radius 2 is 1.00 bits per heavy atom. The lowest BCUT2D eigenvalue weighted by atomic mass is 9.92. The molecule has 0 atom stereocenters. The van der Waals surface area contributed by atoms with Gasteiger partial charge in [-0.05, 0) is 91.5 Å². The fourth-order valence-corrected chi connectivity index (χ4v) is 3.20. The van der Waals surface area contributed by atoms with E-state index in [0.717, 1.165) is 19.3 Å². The fourth-order valence-electron chi connectivity index (χ4n) is 3.20. The number of hydrogen-bond donors (Lipinski definition) is 0. The highest BCUT2D eigenvalue weighted by molar-refractivity contribution is 5.43. The normalized spacial score (nSPS) is 11.0. The molecule has 0 aliphatic rings. The van der Waals surface area contributed by atoms with Crippen LogP contribution in [-0.4, -0.2) is 0 Å². The molecule has 0 heteroatoms. The monoisotopic (exact) mass is 280 g/mol. The van der Waals surface area contributed by atoms with Gasteiger partial charge in [0.15, 0.2) is 0 Å². The van der Waals surface area contributed by atoms with E-state index in [9.17, 15) is 0 Å². The molecule has 0 saturated carbocycles. The van der Waals surface area contributed by atoms with Crippen molar-refractivity contribution in [1.29, 1.82) is 0 Å². The van der Waals surface area contributed by atoms with Gasteiger partial charge >= 0.3 is 0 Å². The molecule has 0 amide bonds. The summed E-state index contributed by atoms with van der Waals surface area (Å²) in [4.78, 5) is 0.